The first-order valence-electron chi connectivity index (χ1n) is 5.48. The van der Waals surface area contributed by atoms with Gasteiger partial charge < -0.3 is 9.84 Å². The number of hydrogen-bond donors (Lipinski definition) is 1. The number of aryl methyl sites for hydroxylation is 1. The maximum atomic E-state index is 10.7. The Morgan fingerprint density at radius 3 is 2.89 bits per heavy atom. The first-order chi connectivity index (χ1) is 8.65. The molecule has 1 aromatic carbocycles. The molecule has 0 aliphatic heterocycles. The van der Waals surface area contributed by atoms with Crippen molar-refractivity contribution in [3.63, 3.8) is 0 Å². The van der Waals surface area contributed by atoms with Crippen LogP contribution in [-0.2, 0) is 17.8 Å². The van der Waals surface area contributed by atoms with Gasteiger partial charge in [-0.1, -0.05) is 18.2 Å². The highest BCUT2D eigenvalue weighted by atomic mass is 32.1. The van der Waals surface area contributed by atoms with E-state index in [4.69, 9.17) is 9.84 Å². The average Bonchev–Trinajstić information content (AvgIpc) is 2.73. The summed E-state index contributed by atoms with van der Waals surface area (Å²) < 4.78 is 5.62. The molecule has 5 heteroatoms. The van der Waals surface area contributed by atoms with Gasteiger partial charge in [0, 0.05) is 16.6 Å². The molecule has 0 spiro atoms. The van der Waals surface area contributed by atoms with E-state index in [2.05, 4.69) is 4.98 Å². The minimum absolute atomic E-state index is 0.0347. The van der Waals surface area contributed by atoms with Gasteiger partial charge in [0.25, 0.3) is 0 Å². The van der Waals surface area contributed by atoms with Gasteiger partial charge >= 0.3 is 5.97 Å². The fraction of sp³-hybridized carbons (Fsp3) is 0.231. The van der Waals surface area contributed by atoms with Crippen LogP contribution in [0.25, 0.3) is 0 Å². The van der Waals surface area contributed by atoms with Crippen LogP contribution in [0.15, 0.2) is 29.6 Å². The van der Waals surface area contributed by atoms with Crippen LogP contribution in [-0.4, -0.2) is 16.1 Å². The summed E-state index contributed by atoms with van der Waals surface area (Å²) in [4.78, 5) is 15.0. The van der Waals surface area contributed by atoms with Crippen LogP contribution in [0.5, 0.6) is 5.75 Å². The molecule has 18 heavy (non-hydrogen) atoms. The number of thiazole rings is 1. The summed E-state index contributed by atoms with van der Waals surface area (Å²) in [5, 5.41) is 11.7. The highest BCUT2D eigenvalue weighted by Crippen LogP contribution is 2.20. The van der Waals surface area contributed by atoms with Crippen LogP contribution in [0, 0.1) is 6.92 Å². The standard InChI is InChI=1S/C13H13NO3S/c1-9-8-18-12(14-9)7-17-11-5-3-2-4-10(11)6-13(15)16/h2-5,8H,6-7H2,1H3,(H,15,16). The molecule has 0 amide bonds. The topological polar surface area (TPSA) is 59.4 Å². The Labute approximate surface area is 109 Å². The summed E-state index contributed by atoms with van der Waals surface area (Å²) in [6, 6.07) is 7.17. The second kappa shape index (κ2) is 5.64. The van der Waals surface area contributed by atoms with Gasteiger partial charge in [0.05, 0.1) is 6.42 Å². The van der Waals surface area contributed by atoms with Crippen LogP contribution in [0.4, 0.5) is 0 Å². The number of rotatable bonds is 5. The predicted molar refractivity (Wildman–Crippen MR) is 69.0 cm³/mol. The van der Waals surface area contributed by atoms with E-state index < -0.39 is 5.97 Å². The number of carbonyl (C=O) groups is 1. The molecule has 4 nitrogen and oxygen atoms in total. The zero-order chi connectivity index (χ0) is 13.0. The molecule has 0 saturated carbocycles. The summed E-state index contributed by atoms with van der Waals surface area (Å²) in [7, 11) is 0. The molecule has 1 aromatic heterocycles. The van der Waals surface area contributed by atoms with Gasteiger partial charge in [0.1, 0.15) is 17.4 Å². The molecular weight excluding hydrogens is 250 g/mol. The van der Waals surface area contributed by atoms with E-state index in [1.807, 2.05) is 18.4 Å². The third-order valence-corrected chi connectivity index (χ3v) is 3.27. The van der Waals surface area contributed by atoms with E-state index in [-0.39, 0.29) is 6.42 Å². The van der Waals surface area contributed by atoms with Crippen molar-refractivity contribution in [2.45, 2.75) is 20.0 Å². The first-order valence-corrected chi connectivity index (χ1v) is 6.36. The molecule has 1 N–H and O–H groups in total. The minimum atomic E-state index is -0.865. The maximum absolute atomic E-state index is 10.7. The Morgan fingerprint density at radius 2 is 2.22 bits per heavy atom. The lowest BCUT2D eigenvalue weighted by atomic mass is 10.1. The van der Waals surface area contributed by atoms with Crippen molar-refractivity contribution < 1.29 is 14.6 Å². The highest BCUT2D eigenvalue weighted by molar-refractivity contribution is 7.09. The van der Waals surface area contributed by atoms with E-state index in [0.717, 1.165) is 10.7 Å². The summed E-state index contributed by atoms with van der Waals surface area (Å²) in [5.74, 6) is -0.260. The number of aliphatic carboxylic acids is 1. The lowest BCUT2D eigenvalue weighted by molar-refractivity contribution is -0.136. The zero-order valence-corrected chi connectivity index (χ0v) is 10.7. The van der Waals surface area contributed by atoms with Gasteiger partial charge in [-0.2, -0.15) is 0 Å². The zero-order valence-electron chi connectivity index (χ0n) is 9.92. The van der Waals surface area contributed by atoms with Gasteiger partial charge in [-0.25, -0.2) is 4.98 Å². The van der Waals surface area contributed by atoms with E-state index in [9.17, 15) is 4.79 Å². The molecule has 0 atom stereocenters. The van der Waals surface area contributed by atoms with Crippen molar-refractivity contribution in [2.24, 2.45) is 0 Å². The van der Waals surface area contributed by atoms with Gasteiger partial charge in [-0.15, -0.1) is 11.3 Å². The van der Waals surface area contributed by atoms with Gasteiger partial charge in [-0.3, -0.25) is 4.79 Å². The lowest BCUT2D eigenvalue weighted by Gasteiger charge is -2.08. The Balaban J connectivity index is 2.06. The number of hydrogen-bond acceptors (Lipinski definition) is 4. The molecule has 2 rings (SSSR count). The Kier molecular flexibility index (Phi) is 3.94. The third kappa shape index (κ3) is 3.30. The largest absolute Gasteiger partial charge is 0.486 e. The second-order valence-electron chi connectivity index (χ2n) is 3.85. The average molecular weight is 263 g/mol. The molecule has 0 saturated heterocycles. The SMILES string of the molecule is Cc1csc(COc2ccccc2CC(=O)O)n1. The number of aromatic nitrogens is 1. The molecule has 0 bridgehead atoms. The van der Waals surface area contributed by atoms with Crippen LogP contribution < -0.4 is 4.74 Å². The van der Waals surface area contributed by atoms with Gasteiger partial charge in [0.2, 0.25) is 0 Å². The van der Waals surface area contributed by atoms with Crippen molar-refractivity contribution in [2.75, 3.05) is 0 Å². The van der Waals surface area contributed by atoms with Crippen LogP contribution in [0.2, 0.25) is 0 Å². The van der Waals surface area contributed by atoms with Crippen molar-refractivity contribution in [1.29, 1.82) is 0 Å². The number of para-hydroxylation sites is 1. The van der Waals surface area contributed by atoms with Crippen LogP contribution >= 0.6 is 11.3 Å². The molecule has 1 heterocycles. The summed E-state index contributed by atoms with van der Waals surface area (Å²) >= 11 is 1.54. The molecule has 0 fully saturated rings. The van der Waals surface area contributed by atoms with Crippen molar-refractivity contribution in [1.82, 2.24) is 4.98 Å². The predicted octanol–water partition coefficient (Wildman–Crippen LogP) is 2.66. The molecule has 0 aliphatic rings. The fourth-order valence-corrected chi connectivity index (χ4v) is 2.25. The van der Waals surface area contributed by atoms with E-state index >= 15 is 0 Å². The summed E-state index contributed by atoms with van der Waals surface area (Å²) in [5.41, 5.74) is 1.65. The molecule has 2 aromatic rings. The Morgan fingerprint density at radius 1 is 1.44 bits per heavy atom. The Hall–Kier alpha value is -1.88. The summed E-state index contributed by atoms with van der Waals surface area (Å²) in [6.45, 7) is 2.30. The molecule has 0 aliphatic carbocycles. The summed E-state index contributed by atoms with van der Waals surface area (Å²) in [6.07, 6.45) is -0.0347. The smallest absolute Gasteiger partial charge is 0.307 e. The number of nitrogens with zero attached hydrogens (tertiary/aromatic N) is 1. The number of carboxylic acid groups (broad SMARTS) is 1. The van der Waals surface area contributed by atoms with E-state index in [1.165, 1.54) is 11.3 Å². The number of carboxylic acids is 1. The van der Waals surface area contributed by atoms with Gasteiger partial charge in [0.15, 0.2) is 0 Å². The molecule has 94 valence electrons. The first kappa shape index (κ1) is 12.6. The Bertz CT molecular complexity index is 551. The minimum Gasteiger partial charge on any atom is -0.486 e. The second-order valence-corrected chi connectivity index (χ2v) is 4.79. The molecule has 0 radical (unpaired) electrons. The van der Waals surface area contributed by atoms with Gasteiger partial charge in [-0.05, 0) is 13.0 Å². The third-order valence-electron chi connectivity index (χ3n) is 2.33. The van der Waals surface area contributed by atoms with Crippen LogP contribution in [0.1, 0.15) is 16.3 Å². The fourth-order valence-electron chi connectivity index (χ4n) is 1.56. The molecule has 0 unspecified atom stereocenters. The normalized spacial score (nSPS) is 10.3. The van der Waals surface area contributed by atoms with E-state index in [1.54, 1.807) is 18.2 Å². The van der Waals surface area contributed by atoms with Crippen molar-refractivity contribution in [3.05, 3.63) is 45.9 Å². The van der Waals surface area contributed by atoms with E-state index in [0.29, 0.717) is 17.9 Å². The van der Waals surface area contributed by atoms with Crippen LogP contribution in [0.3, 0.4) is 0 Å². The van der Waals surface area contributed by atoms with Crippen molar-refractivity contribution >= 4 is 17.3 Å². The quantitative estimate of drug-likeness (QED) is 0.901. The maximum Gasteiger partial charge on any atom is 0.307 e. The number of ether oxygens (including phenoxy) is 1. The monoisotopic (exact) mass is 263 g/mol. The highest BCUT2D eigenvalue weighted by Gasteiger charge is 2.08. The molecular formula is C13H13NO3S. The van der Waals surface area contributed by atoms with Crippen molar-refractivity contribution in [3.8, 4) is 5.75 Å². The number of benzene rings is 1. The lowest BCUT2D eigenvalue weighted by Crippen LogP contribution is -2.04.